The first-order valence-corrected chi connectivity index (χ1v) is 12.5. The van der Waals surface area contributed by atoms with E-state index in [1.807, 2.05) is 56.7 Å². The molecule has 2 atom stereocenters. The zero-order chi connectivity index (χ0) is 24.4. The van der Waals surface area contributed by atoms with Crippen LogP contribution in [0, 0.1) is 0 Å². The van der Waals surface area contributed by atoms with Crippen LogP contribution in [0.2, 0.25) is 0 Å². The molecule has 0 aliphatic carbocycles. The summed E-state index contributed by atoms with van der Waals surface area (Å²) in [5.74, 6) is -0.289. The van der Waals surface area contributed by atoms with Crippen LogP contribution in [0.25, 0.3) is 10.9 Å². The predicted octanol–water partition coefficient (Wildman–Crippen LogP) is 4.99. The molecule has 35 heavy (non-hydrogen) atoms. The molecule has 3 aromatic carbocycles. The van der Waals surface area contributed by atoms with Crippen LogP contribution < -0.4 is 15.5 Å². The number of aromatic nitrogens is 1. The summed E-state index contributed by atoms with van der Waals surface area (Å²) in [6.45, 7) is 0.442. The van der Waals surface area contributed by atoms with Crippen molar-refractivity contribution in [3.63, 3.8) is 0 Å². The minimum absolute atomic E-state index is 0.0279. The summed E-state index contributed by atoms with van der Waals surface area (Å²) >= 11 is 1.45. The SMILES string of the molecule is CN(C)c1ccc([C@H](CNC(=O)C[C@H]2Sc3ccccc3NC2=O)c2c[nH]c3ccccc23)cc1. The second-order valence-electron chi connectivity index (χ2n) is 8.93. The van der Waals surface area contributed by atoms with Crippen LogP contribution in [0.15, 0.2) is 83.9 Å². The third kappa shape index (κ3) is 4.91. The molecule has 2 heterocycles. The Morgan fingerprint density at radius 2 is 1.77 bits per heavy atom. The Hall–Kier alpha value is -3.71. The standard InChI is InChI=1S/C28H28N4O2S/c1-32(2)19-13-11-18(12-14-19)21(22-17-29-23-8-4-3-7-20(22)23)16-30-27(33)15-26-28(34)31-24-9-5-6-10-25(24)35-26/h3-14,17,21,26,29H,15-16H2,1-2H3,(H,30,33)(H,31,34)/t21-,26+/m0/s1. The van der Waals surface area contributed by atoms with Gasteiger partial charge in [-0.3, -0.25) is 9.59 Å². The lowest BCUT2D eigenvalue weighted by Gasteiger charge is -2.24. The highest BCUT2D eigenvalue weighted by Gasteiger charge is 2.29. The van der Waals surface area contributed by atoms with Crippen molar-refractivity contribution in [3.05, 3.63) is 90.1 Å². The summed E-state index contributed by atoms with van der Waals surface area (Å²) in [4.78, 5) is 31.9. The number of fused-ring (bicyclic) bond motifs is 2. The fourth-order valence-corrected chi connectivity index (χ4v) is 5.59. The number of carbonyl (C=O) groups is 2. The smallest absolute Gasteiger partial charge is 0.238 e. The van der Waals surface area contributed by atoms with Crippen LogP contribution >= 0.6 is 11.8 Å². The maximum atomic E-state index is 13.0. The van der Waals surface area contributed by atoms with Crippen LogP contribution in [-0.2, 0) is 9.59 Å². The number of benzene rings is 3. The molecule has 1 aliphatic rings. The van der Waals surface area contributed by atoms with Gasteiger partial charge in [0.1, 0.15) is 0 Å². The summed E-state index contributed by atoms with van der Waals surface area (Å²) in [5.41, 5.74) is 5.25. The molecule has 178 valence electrons. The van der Waals surface area contributed by atoms with Gasteiger partial charge in [-0.05, 0) is 41.5 Å². The number of aromatic amines is 1. The Labute approximate surface area is 209 Å². The van der Waals surface area contributed by atoms with Crippen molar-refractivity contribution in [2.75, 3.05) is 30.9 Å². The number of H-pyrrole nitrogens is 1. The quantitative estimate of drug-likeness (QED) is 0.346. The Kier molecular flexibility index (Phi) is 6.51. The van der Waals surface area contributed by atoms with Gasteiger partial charge >= 0.3 is 0 Å². The molecule has 5 rings (SSSR count). The average molecular weight is 485 g/mol. The normalized spacial score (nSPS) is 15.8. The molecule has 0 saturated heterocycles. The molecule has 0 radical (unpaired) electrons. The number of nitrogens with one attached hydrogen (secondary N) is 3. The lowest BCUT2D eigenvalue weighted by molar-refractivity contribution is -0.124. The summed E-state index contributed by atoms with van der Waals surface area (Å²) in [6, 6.07) is 24.3. The number of rotatable bonds is 7. The largest absolute Gasteiger partial charge is 0.378 e. The van der Waals surface area contributed by atoms with Crippen LogP contribution in [-0.4, -0.2) is 42.7 Å². The molecule has 3 N–H and O–H groups in total. The summed E-state index contributed by atoms with van der Waals surface area (Å²) in [6.07, 6.45) is 2.16. The Balaban J connectivity index is 1.34. The van der Waals surface area contributed by atoms with E-state index in [1.54, 1.807) is 0 Å². The monoisotopic (exact) mass is 484 g/mol. The Morgan fingerprint density at radius 1 is 1.03 bits per heavy atom. The van der Waals surface area contributed by atoms with Crippen LogP contribution in [0.4, 0.5) is 11.4 Å². The molecular formula is C28H28N4O2S. The highest BCUT2D eigenvalue weighted by molar-refractivity contribution is 8.01. The number of carbonyl (C=O) groups excluding carboxylic acids is 2. The van der Waals surface area contributed by atoms with Crippen LogP contribution in [0.3, 0.4) is 0 Å². The third-order valence-corrected chi connectivity index (χ3v) is 7.66. The van der Waals surface area contributed by atoms with Crippen molar-refractivity contribution in [3.8, 4) is 0 Å². The molecule has 2 amide bonds. The molecule has 0 bridgehead atoms. The van der Waals surface area contributed by atoms with E-state index in [0.29, 0.717) is 6.54 Å². The van der Waals surface area contributed by atoms with Gasteiger partial charge in [0.05, 0.1) is 10.9 Å². The van der Waals surface area contributed by atoms with Gasteiger partial charge in [-0.2, -0.15) is 0 Å². The number of amides is 2. The molecule has 0 saturated carbocycles. The zero-order valence-corrected chi connectivity index (χ0v) is 20.6. The van der Waals surface area contributed by atoms with E-state index in [1.165, 1.54) is 11.8 Å². The number of para-hydroxylation sites is 2. The van der Waals surface area contributed by atoms with Gasteiger partial charge in [-0.25, -0.2) is 0 Å². The first kappa shape index (κ1) is 23.1. The van der Waals surface area contributed by atoms with Crippen molar-refractivity contribution in [2.24, 2.45) is 0 Å². The third-order valence-electron chi connectivity index (χ3n) is 6.39. The molecule has 0 unspecified atom stereocenters. The fraction of sp³-hybridized carbons (Fsp3) is 0.214. The minimum atomic E-state index is -0.448. The van der Waals surface area contributed by atoms with Crippen molar-refractivity contribution in [1.29, 1.82) is 0 Å². The fourth-order valence-electron chi connectivity index (χ4n) is 4.48. The Morgan fingerprint density at radius 3 is 2.57 bits per heavy atom. The lowest BCUT2D eigenvalue weighted by Crippen LogP contribution is -2.36. The maximum absolute atomic E-state index is 13.0. The van der Waals surface area contributed by atoms with E-state index in [9.17, 15) is 9.59 Å². The van der Waals surface area contributed by atoms with Crippen molar-refractivity contribution >= 4 is 45.9 Å². The molecule has 1 aliphatic heterocycles. The van der Waals surface area contributed by atoms with Gasteiger partial charge < -0.3 is 20.5 Å². The highest BCUT2D eigenvalue weighted by atomic mass is 32.2. The maximum Gasteiger partial charge on any atom is 0.238 e. The highest BCUT2D eigenvalue weighted by Crippen LogP contribution is 2.37. The molecular weight excluding hydrogens is 456 g/mol. The van der Waals surface area contributed by atoms with E-state index in [4.69, 9.17) is 0 Å². The van der Waals surface area contributed by atoms with Crippen molar-refractivity contribution < 1.29 is 9.59 Å². The number of hydrogen-bond acceptors (Lipinski definition) is 4. The van der Waals surface area contributed by atoms with Gasteiger partial charge in [0, 0.05) is 60.7 Å². The second kappa shape index (κ2) is 9.88. The molecule has 4 aromatic rings. The zero-order valence-electron chi connectivity index (χ0n) is 19.7. The minimum Gasteiger partial charge on any atom is -0.378 e. The molecule has 6 nitrogen and oxygen atoms in total. The predicted molar refractivity (Wildman–Crippen MR) is 143 cm³/mol. The second-order valence-corrected chi connectivity index (χ2v) is 10.2. The summed E-state index contributed by atoms with van der Waals surface area (Å²) < 4.78 is 0. The number of anilines is 2. The topological polar surface area (TPSA) is 77.2 Å². The lowest BCUT2D eigenvalue weighted by atomic mass is 9.90. The van der Waals surface area contributed by atoms with Gasteiger partial charge in [-0.1, -0.05) is 42.5 Å². The van der Waals surface area contributed by atoms with E-state index in [0.717, 1.165) is 38.3 Å². The van der Waals surface area contributed by atoms with Crippen LogP contribution in [0.1, 0.15) is 23.5 Å². The van der Waals surface area contributed by atoms with Crippen molar-refractivity contribution in [1.82, 2.24) is 10.3 Å². The molecule has 0 fully saturated rings. The number of nitrogens with zero attached hydrogens (tertiary/aromatic N) is 1. The summed E-state index contributed by atoms with van der Waals surface area (Å²) in [5, 5.41) is 6.71. The number of hydrogen-bond donors (Lipinski definition) is 3. The van der Waals surface area contributed by atoms with E-state index in [-0.39, 0.29) is 24.2 Å². The van der Waals surface area contributed by atoms with Gasteiger partial charge in [0.15, 0.2) is 0 Å². The number of thioether (sulfide) groups is 1. The van der Waals surface area contributed by atoms with E-state index < -0.39 is 5.25 Å². The van der Waals surface area contributed by atoms with Gasteiger partial charge in [0.2, 0.25) is 11.8 Å². The first-order valence-electron chi connectivity index (χ1n) is 11.7. The Bertz CT molecular complexity index is 1360. The molecule has 1 aromatic heterocycles. The van der Waals surface area contributed by atoms with E-state index >= 15 is 0 Å². The van der Waals surface area contributed by atoms with Crippen LogP contribution in [0.5, 0.6) is 0 Å². The molecule has 0 spiro atoms. The summed E-state index contributed by atoms with van der Waals surface area (Å²) in [7, 11) is 4.04. The van der Waals surface area contributed by atoms with Crippen molar-refractivity contribution in [2.45, 2.75) is 22.5 Å². The first-order chi connectivity index (χ1) is 17.0. The van der Waals surface area contributed by atoms with Gasteiger partial charge in [0.25, 0.3) is 0 Å². The average Bonchev–Trinajstić information content (AvgIpc) is 3.29. The molecule has 7 heteroatoms. The van der Waals surface area contributed by atoms with E-state index in [2.05, 4.69) is 56.9 Å². The van der Waals surface area contributed by atoms with Gasteiger partial charge in [-0.15, -0.1) is 11.8 Å².